The largest absolute Gasteiger partial charge is 0.494 e. The first-order valence-corrected chi connectivity index (χ1v) is 6.37. The summed E-state index contributed by atoms with van der Waals surface area (Å²) < 4.78 is 15.6. The zero-order valence-electron chi connectivity index (χ0n) is 12.4. The van der Waals surface area contributed by atoms with E-state index in [4.69, 9.17) is 19.9 Å². The smallest absolute Gasteiger partial charge is 0.224 e. The average molecular weight is 282 g/mol. The summed E-state index contributed by atoms with van der Waals surface area (Å²) in [7, 11) is 4.60. The zero-order chi connectivity index (χ0) is 15.1. The van der Waals surface area contributed by atoms with Crippen LogP contribution in [-0.2, 0) is 4.79 Å². The van der Waals surface area contributed by atoms with Crippen molar-refractivity contribution in [1.82, 2.24) is 0 Å². The second-order valence-electron chi connectivity index (χ2n) is 4.47. The summed E-state index contributed by atoms with van der Waals surface area (Å²) in [5, 5.41) is 2.79. The lowest BCUT2D eigenvalue weighted by atomic mass is 10.2. The standard InChI is InChI=1S/C14H22N2O4/c1-9(15)5-6-14(17)16-10-7-12(19-3)13(20-4)8-11(10)18-2/h7-9H,5-6,15H2,1-4H3,(H,16,17). The van der Waals surface area contributed by atoms with E-state index < -0.39 is 0 Å². The number of hydrogen-bond donors (Lipinski definition) is 2. The number of nitrogens with one attached hydrogen (secondary N) is 1. The molecule has 1 aromatic rings. The molecule has 1 rings (SSSR count). The van der Waals surface area contributed by atoms with Gasteiger partial charge in [-0.05, 0) is 13.3 Å². The van der Waals surface area contributed by atoms with Crippen molar-refractivity contribution in [2.45, 2.75) is 25.8 Å². The van der Waals surface area contributed by atoms with Crippen molar-refractivity contribution in [3.63, 3.8) is 0 Å². The molecule has 112 valence electrons. The van der Waals surface area contributed by atoms with E-state index in [0.29, 0.717) is 35.8 Å². The number of nitrogens with two attached hydrogens (primary N) is 1. The molecular formula is C14H22N2O4. The fourth-order valence-electron chi connectivity index (χ4n) is 1.70. The fourth-order valence-corrected chi connectivity index (χ4v) is 1.70. The van der Waals surface area contributed by atoms with Gasteiger partial charge in [0.05, 0.1) is 27.0 Å². The third-order valence-electron chi connectivity index (χ3n) is 2.81. The van der Waals surface area contributed by atoms with E-state index in [1.165, 1.54) is 21.3 Å². The molecule has 0 aliphatic carbocycles. The Hall–Kier alpha value is -1.95. The fraction of sp³-hybridized carbons (Fsp3) is 0.500. The molecule has 0 bridgehead atoms. The van der Waals surface area contributed by atoms with Gasteiger partial charge < -0.3 is 25.3 Å². The molecule has 0 fully saturated rings. The molecule has 1 aromatic carbocycles. The summed E-state index contributed by atoms with van der Waals surface area (Å²) >= 11 is 0. The molecule has 0 aliphatic rings. The molecule has 1 unspecified atom stereocenters. The van der Waals surface area contributed by atoms with E-state index in [0.717, 1.165) is 0 Å². The Kier molecular flexibility index (Phi) is 6.11. The van der Waals surface area contributed by atoms with Crippen LogP contribution in [-0.4, -0.2) is 33.3 Å². The van der Waals surface area contributed by atoms with Gasteiger partial charge in [0.15, 0.2) is 11.5 Å². The van der Waals surface area contributed by atoms with Crippen molar-refractivity contribution in [3.05, 3.63) is 12.1 Å². The quantitative estimate of drug-likeness (QED) is 0.796. The van der Waals surface area contributed by atoms with Gasteiger partial charge in [0.1, 0.15) is 5.75 Å². The van der Waals surface area contributed by atoms with Crippen LogP contribution in [0.4, 0.5) is 5.69 Å². The molecule has 20 heavy (non-hydrogen) atoms. The van der Waals surface area contributed by atoms with Crippen LogP contribution in [0.2, 0.25) is 0 Å². The van der Waals surface area contributed by atoms with Gasteiger partial charge in [-0.25, -0.2) is 0 Å². The molecule has 1 amide bonds. The van der Waals surface area contributed by atoms with Gasteiger partial charge in [-0.2, -0.15) is 0 Å². The number of amides is 1. The highest BCUT2D eigenvalue weighted by Crippen LogP contribution is 2.37. The number of carbonyl (C=O) groups excluding carboxylic acids is 1. The highest BCUT2D eigenvalue weighted by atomic mass is 16.5. The maximum Gasteiger partial charge on any atom is 0.224 e. The van der Waals surface area contributed by atoms with Gasteiger partial charge in [-0.3, -0.25) is 4.79 Å². The first-order chi connectivity index (χ1) is 9.51. The minimum atomic E-state index is -0.118. The summed E-state index contributed by atoms with van der Waals surface area (Å²) in [4.78, 5) is 11.8. The number of rotatable bonds is 7. The van der Waals surface area contributed by atoms with Crippen molar-refractivity contribution >= 4 is 11.6 Å². The molecule has 6 heteroatoms. The lowest BCUT2D eigenvalue weighted by molar-refractivity contribution is -0.116. The zero-order valence-corrected chi connectivity index (χ0v) is 12.4. The number of hydrogen-bond acceptors (Lipinski definition) is 5. The molecule has 0 heterocycles. The molecule has 0 radical (unpaired) electrons. The van der Waals surface area contributed by atoms with Crippen LogP contribution in [0.1, 0.15) is 19.8 Å². The predicted octanol–water partition coefficient (Wildman–Crippen LogP) is 1.78. The van der Waals surface area contributed by atoms with E-state index in [2.05, 4.69) is 5.32 Å². The van der Waals surface area contributed by atoms with E-state index in [9.17, 15) is 4.79 Å². The Morgan fingerprint density at radius 2 is 1.70 bits per heavy atom. The van der Waals surface area contributed by atoms with Gasteiger partial charge in [0.25, 0.3) is 0 Å². The summed E-state index contributed by atoms with van der Waals surface area (Å²) in [6.45, 7) is 1.87. The summed E-state index contributed by atoms with van der Waals surface area (Å²) in [6, 6.07) is 3.33. The van der Waals surface area contributed by atoms with Crippen molar-refractivity contribution in [1.29, 1.82) is 0 Å². The van der Waals surface area contributed by atoms with Crippen molar-refractivity contribution in [2.75, 3.05) is 26.6 Å². The number of anilines is 1. The van der Waals surface area contributed by atoms with Gasteiger partial charge in [0, 0.05) is 24.6 Å². The summed E-state index contributed by atoms with van der Waals surface area (Å²) in [6.07, 6.45) is 0.983. The van der Waals surface area contributed by atoms with Crippen LogP contribution in [0.5, 0.6) is 17.2 Å². The number of benzene rings is 1. The minimum Gasteiger partial charge on any atom is -0.494 e. The van der Waals surface area contributed by atoms with Crippen LogP contribution >= 0.6 is 0 Å². The molecule has 0 saturated carbocycles. The Morgan fingerprint density at radius 1 is 1.15 bits per heavy atom. The molecule has 0 aliphatic heterocycles. The molecular weight excluding hydrogens is 260 g/mol. The van der Waals surface area contributed by atoms with Gasteiger partial charge in [-0.15, -0.1) is 0 Å². The second-order valence-corrected chi connectivity index (χ2v) is 4.47. The third kappa shape index (κ3) is 4.31. The SMILES string of the molecule is COc1cc(OC)c(OC)cc1NC(=O)CCC(C)N. The molecule has 0 saturated heterocycles. The summed E-state index contributed by atoms with van der Waals surface area (Å²) in [5.41, 5.74) is 6.17. The van der Waals surface area contributed by atoms with Crippen LogP contribution in [0, 0.1) is 0 Å². The number of carbonyl (C=O) groups is 1. The molecule has 6 nitrogen and oxygen atoms in total. The Balaban J connectivity index is 2.90. The predicted molar refractivity (Wildman–Crippen MR) is 77.6 cm³/mol. The number of methoxy groups -OCH3 is 3. The normalized spacial score (nSPS) is 11.7. The Morgan fingerprint density at radius 3 is 2.20 bits per heavy atom. The van der Waals surface area contributed by atoms with Crippen LogP contribution in [0.15, 0.2) is 12.1 Å². The highest BCUT2D eigenvalue weighted by Gasteiger charge is 2.14. The number of ether oxygens (including phenoxy) is 3. The molecule has 0 spiro atoms. The second kappa shape index (κ2) is 7.59. The van der Waals surface area contributed by atoms with Crippen molar-refractivity contribution in [2.24, 2.45) is 5.73 Å². The first-order valence-electron chi connectivity index (χ1n) is 6.37. The van der Waals surface area contributed by atoms with E-state index >= 15 is 0 Å². The van der Waals surface area contributed by atoms with Gasteiger partial charge in [0.2, 0.25) is 5.91 Å². The Bertz CT molecular complexity index is 461. The van der Waals surface area contributed by atoms with E-state index in [-0.39, 0.29) is 11.9 Å². The third-order valence-corrected chi connectivity index (χ3v) is 2.81. The maximum atomic E-state index is 11.8. The topological polar surface area (TPSA) is 82.8 Å². The van der Waals surface area contributed by atoms with Crippen LogP contribution < -0.4 is 25.3 Å². The van der Waals surface area contributed by atoms with Crippen molar-refractivity contribution in [3.8, 4) is 17.2 Å². The van der Waals surface area contributed by atoms with Crippen molar-refractivity contribution < 1.29 is 19.0 Å². The lowest BCUT2D eigenvalue weighted by Gasteiger charge is -2.15. The van der Waals surface area contributed by atoms with Gasteiger partial charge >= 0.3 is 0 Å². The minimum absolute atomic E-state index is 0.00644. The summed E-state index contributed by atoms with van der Waals surface area (Å²) in [5.74, 6) is 1.46. The lowest BCUT2D eigenvalue weighted by Crippen LogP contribution is -2.19. The van der Waals surface area contributed by atoms with E-state index in [1.54, 1.807) is 12.1 Å². The first kappa shape index (κ1) is 16.1. The van der Waals surface area contributed by atoms with E-state index in [1.807, 2.05) is 6.92 Å². The highest BCUT2D eigenvalue weighted by molar-refractivity contribution is 5.92. The monoisotopic (exact) mass is 282 g/mol. The molecule has 3 N–H and O–H groups in total. The molecule has 0 aromatic heterocycles. The van der Waals surface area contributed by atoms with Crippen LogP contribution in [0.3, 0.4) is 0 Å². The van der Waals surface area contributed by atoms with Crippen LogP contribution in [0.25, 0.3) is 0 Å². The maximum absolute atomic E-state index is 11.8. The van der Waals surface area contributed by atoms with Gasteiger partial charge in [-0.1, -0.05) is 0 Å². The average Bonchev–Trinajstić information content (AvgIpc) is 2.44. The Labute approximate surface area is 119 Å². The molecule has 1 atom stereocenters.